The maximum Gasteiger partial charge on any atom is 0.255 e. The summed E-state index contributed by atoms with van der Waals surface area (Å²) in [4.78, 5) is 36.8. The predicted octanol–water partition coefficient (Wildman–Crippen LogP) is 3.30. The van der Waals surface area contributed by atoms with Gasteiger partial charge in [0, 0.05) is 18.8 Å². The summed E-state index contributed by atoms with van der Waals surface area (Å²) < 4.78 is 0. The third-order valence-corrected chi connectivity index (χ3v) is 6.48. The Morgan fingerprint density at radius 3 is 2.62 bits per heavy atom. The van der Waals surface area contributed by atoms with E-state index in [9.17, 15) is 9.59 Å². The van der Waals surface area contributed by atoms with E-state index in [2.05, 4.69) is 25.5 Å². The summed E-state index contributed by atoms with van der Waals surface area (Å²) >= 11 is 0. The molecule has 2 aromatic rings. The molecule has 1 aliphatic heterocycles. The molecule has 1 aliphatic carbocycles. The van der Waals surface area contributed by atoms with Gasteiger partial charge >= 0.3 is 0 Å². The van der Waals surface area contributed by atoms with E-state index >= 15 is 0 Å². The molecule has 0 spiro atoms. The van der Waals surface area contributed by atoms with Crippen LogP contribution in [0.3, 0.4) is 0 Å². The van der Waals surface area contributed by atoms with Crippen molar-refractivity contribution < 1.29 is 9.59 Å². The second-order valence-corrected chi connectivity index (χ2v) is 8.92. The normalized spacial score (nSPS) is 19.6. The highest BCUT2D eigenvalue weighted by molar-refractivity contribution is 5.95. The van der Waals surface area contributed by atoms with Gasteiger partial charge in [0.15, 0.2) is 0 Å². The molecule has 2 aliphatic rings. The van der Waals surface area contributed by atoms with Crippen molar-refractivity contribution >= 4 is 11.8 Å². The molecule has 1 saturated heterocycles. The first-order valence-corrected chi connectivity index (χ1v) is 11.8. The highest BCUT2D eigenvalue weighted by Crippen LogP contribution is 2.32. The first-order valence-electron chi connectivity index (χ1n) is 11.8. The van der Waals surface area contributed by atoms with E-state index < -0.39 is 0 Å². The van der Waals surface area contributed by atoms with Crippen LogP contribution in [0.2, 0.25) is 0 Å². The molecule has 4 rings (SSSR count). The van der Waals surface area contributed by atoms with Gasteiger partial charge in [0.25, 0.3) is 5.91 Å². The molecule has 170 valence electrons. The highest BCUT2D eigenvalue weighted by Gasteiger charge is 2.32. The van der Waals surface area contributed by atoms with Crippen molar-refractivity contribution in [3.8, 4) is 0 Å². The number of hydrogen-bond donors (Lipinski definition) is 2. The van der Waals surface area contributed by atoms with Crippen molar-refractivity contribution in [3.05, 3.63) is 59.2 Å². The molecule has 1 aromatic heterocycles. The summed E-state index contributed by atoms with van der Waals surface area (Å²) in [5.41, 5.74) is 2.26. The fourth-order valence-electron chi connectivity index (χ4n) is 4.82. The lowest BCUT2D eigenvalue weighted by atomic mass is 9.95. The van der Waals surface area contributed by atoms with Crippen LogP contribution in [0.5, 0.6) is 0 Å². The zero-order valence-corrected chi connectivity index (χ0v) is 18.8. The van der Waals surface area contributed by atoms with Gasteiger partial charge in [0.05, 0.1) is 23.8 Å². The number of likely N-dealkylation sites (tertiary alicyclic amines) is 1. The molecule has 0 radical (unpaired) electrons. The molecular formula is C25H33N5O2. The molecule has 1 atom stereocenters. The van der Waals surface area contributed by atoms with E-state index in [1.165, 1.54) is 19.3 Å². The Morgan fingerprint density at radius 1 is 1.06 bits per heavy atom. The van der Waals surface area contributed by atoms with Crippen molar-refractivity contribution in [2.75, 3.05) is 13.1 Å². The number of aryl methyl sites for hydroxylation is 1. The van der Waals surface area contributed by atoms with E-state index in [-0.39, 0.29) is 17.9 Å². The number of nitrogens with one attached hydrogen (secondary N) is 2. The van der Waals surface area contributed by atoms with Crippen LogP contribution in [0.15, 0.2) is 36.5 Å². The molecule has 2 amide bonds. The zero-order chi connectivity index (χ0) is 22.3. The van der Waals surface area contributed by atoms with Crippen LogP contribution in [-0.4, -0.2) is 45.8 Å². The van der Waals surface area contributed by atoms with Crippen molar-refractivity contribution in [2.24, 2.45) is 0 Å². The largest absolute Gasteiger partial charge is 0.352 e. The average molecular weight is 436 g/mol. The second kappa shape index (κ2) is 10.7. The number of amides is 2. The van der Waals surface area contributed by atoms with Crippen LogP contribution in [-0.2, 0) is 11.3 Å². The minimum atomic E-state index is -0.178. The molecule has 7 nitrogen and oxygen atoms in total. The van der Waals surface area contributed by atoms with Gasteiger partial charge in [-0.2, -0.15) is 0 Å². The monoisotopic (exact) mass is 435 g/mol. The molecule has 2 heterocycles. The lowest BCUT2D eigenvalue weighted by Gasteiger charge is -2.27. The van der Waals surface area contributed by atoms with E-state index in [4.69, 9.17) is 0 Å². The van der Waals surface area contributed by atoms with E-state index in [0.717, 1.165) is 43.5 Å². The quantitative estimate of drug-likeness (QED) is 0.697. The van der Waals surface area contributed by atoms with Crippen molar-refractivity contribution in [2.45, 2.75) is 70.5 Å². The topological polar surface area (TPSA) is 87.2 Å². The standard InChI is InChI=1S/C25H33N5O2/c1-18-26-16-21(25(32)27-15-19-9-4-2-5-10-19)24(28-18)22-13-8-14-30(22)17-23(31)29-20-11-6-3-7-12-20/h2,4-5,9-10,16,20,22H,3,6-8,11-15,17H2,1H3,(H,27,32)(H,29,31)/t22-/m0/s1. The summed E-state index contributed by atoms with van der Waals surface area (Å²) in [7, 11) is 0. The van der Waals surface area contributed by atoms with Gasteiger partial charge in [0.2, 0.25) is 5.91 Å². The number of carbonyl (C=O) groups excluding carboxylic acids is 2. The molecule has 2 fully saturated rings. The van der Waals surface area contributed by atoms with Gasteiger partial charge in [-0.05, 0) is 44.7 Å². The number of carbonyl (C=O) groups is 2. The zero-order valence-electron chi connectivity index (χ0n) is 18.8. The molecule has 7 heteroatoms. The number of benzene rings is 1. The van der Waals surface area contributed by atoms with E-state index in [1.54, 1.807) is 6.20 Å². The summed E-state index contributed by atoms with van der Waals surface area (Å²) in [6.45, 7) is 3.46. The lowest BCUT2D eigenvalue weighted by molar-refractivity contribution is -0.123. The van der Waals surface area contributed by atoms with Gasteiger partial charge in [-0.1, -0.05) is 49.6 Å². The molecule has 1 aromatic carbocycles. The maximum atomic E-state index is 13.0. The summed E-state index contributed by atoms with van der Waals surface area (Å²) in [6.07, 6.45) is 9.29. The molecule has 0 unspecified atom stereocenters. The van der Waals surface area contributed by atoms with Crippen molar-refractivity contribution in [1.29, 1.82) is 0 Å². The van der Waals surface area contributed by atoms with Crippen LogP contribution in [0.1, 0.15) is 78.4 Å². The second-order valence-electron chi connectivity index (χ2n) is 8.92. The van der Waals surface area contributed by atoms with Gasteiger partial charge in [-0.15, -0.1) is 0 Å². The highest BCUT2D eigenvalue weighted by atomic mass is 16.2. The van der Waals surface area contributed by atoms with Crippen LogP contribution in [0.4, 0.5) is 0 Å². The fourth-order valence-corrected chi connectivity index (χ4v) is 4.82. The third kappa shape index (κ3) is 5.71. The van der Waals surface area contributed by atoms with Crippen LogP contribution >= 0.6 is 0 Å². The molecule has 1 saturated carbocycles. The van der Waals surface area contributed by atoms with Crippen molar-refractivity contribution in [1.82, 2.24) is 25.5 Å². The number of aromatic nitrogens is 2. The maximum absolute atomic E-state index is 13.0. The van der Waals surface area contributed by atoms with Gasteiger partial charge < -0.3 is 10.6 Å². The Bertz CT molecular complexity index is 927. The SMILES string of the molecule is Cc1ncc(C(=O)NCc2ccccc2)c([C@@H]2CCCN2CC(=O)NC2CCCCC2)n1. The van der Waals surface area contributed by atoms with Gasteiger partial charge in [-0.3, -0.25) is 14.5 Å². The minimum absolute atomic E-state index is 0.0497. The molecule has 0 bridgehead atoms. The third-order valence-electron chi connectivity index (χ3n) is 6.48. The van der Waals surface area contributed by atoms with Gasteiger partial charge in [0.1, 0.15) is 5.82 Å². The molecule has 2 N–H and O–H groups in total. The minimum Gasteiger partial charge on any atom is -0.352 e. The Balaban J connectivity index is 1.44. The summed E-state index contributed by atoms with van der Waals surface area (Å²) in [6, 6.07) is 10.1. The van der Waals surface area contributed by atoms with Gasteiger partial charge in [-0.25, -0.2) is 9.97 Å². The fraction of sp³-hybridized carbons (Fsp3) is 0.520. The van der Waals surface area contributed by atoms with Crippen LogP contribution < -0.4 is 10.6 Å². The smallest absolute Gasteiger partial charge is 0.255 e. The van der Waals surface area contributed by atoms with E-state index in [0.29, 0.717) is 30.5 Å². The molecule has 32 heavy (non-hydrogen) atoms. The Hall–Kier alpha value is -2.80. The lowest BCUT2D eigenvalue weighted by Crippen LogP contribution is -2.43. The number of nitrogens with zero attached hydrogens (tertiary/aromatic N) is 3. The Labute approximate surface area is 190 Å². The molecular weight excluding hydrogens is 402 g/mol. The predicted molar refractivity (Wildman–Crippen MR) is 123 cm³/mol. The number of rotatable bonds is 7. The summed E-state index contributed by atoms with van der Waals surface area (Å²) in [5, 5.41) is 6.20. The van der Waals surface area contributed by atoms with E-state index in [1.807, 2.05) is 37.3 Å². The first kappa shape index (κ1) is 22.4. The van der Waals surface area contributed by atoms with Crippen LogP contribution in [0.25, 0.3) is 0 Å². The Kier molecular flexibility index (Phi) is 7.47. The summed E-state index contributed by atoms with van der Waals surface area (Å²) in [5.74, 6) is 0.533. The first-order chi connectivity index (χ1) is 15.6. The number of hydrogen-bond acceptors (Lipinski definition) is 5. The van der Waals surface area contributed by atoms with Crippen molar-refractivity contribution in [3.63, 3.8) is 0 Å². The average Bonchev–Trinajstić information content (AvgIpc) is 3.26. The Morgan fingerprint density at radius 2 is 1.84 bits per heavy atom. The van der Waals surface area contributed by atoms with Crippen LogP contribution in [0, 0.1) is 6.92 Å².